The predicted octanol–water partition coefficient (Wildman–Crippen LogP) is 5.31. The number of ether oxygens (including phenoxy) is 1. The first-order valence-electron chi connectivity index (χ1n) is 9.23. The fourth-order valence-electron chi connectivity index (χ4n) is 3.18. The third-order valence-electron chi connectivity index (χ3n) is 4.58. The molecule has 0 radical (unpaired) electrons. The molecular weight excluding hydrogens is 334 g/mol. The number of aryl methyl sites for hydroxylation is 1. The molecule has 0 bridgehead atoms. The summed E-state index contributed by atoms with van der Waals surface area (Å²) in [4.78, 5) is 6.75. The molecule has 27 heavy (non-hydrogen) atoms. The highest BCUT2D eigenvalue weighted by atomic mass is 16.5. The Morgan fingerprint density at radius 1 is 1.04 bits per heavy atom. The Bertz CT molecular complexity index is 937. The lowest BCUT2D eigenvalue weighted by atomic mass is 10.2. The van der Waals surface area contributed by atoms with Crippen molar-refractivity contribution in [1.29, 1.82) is 0 Å². The minimum absolute atomic E-state index is 0.654. The topological polar surface area (TPSA) is 29.8 Å². The van der Waals surface area contributed by atoms with Crippen LogP contribution >= 0.6 is 0 Å². The fraction of sp³-hybridized carbons (Fsp3) is 0.261. The molecule has 1 heterocycles. The summed E-state index contributed by atoms with van der Waals surface area (Å²) in [6.07, 6.45) is 1.93. The van der Waals surface area contributed by atoms with E-state index in [1.54, 1.807) is 0 Å². The summed E-state index contributed by atoms with van der Waals surface area (Å²) in [5, 5.41) is 0. The summed E-state index contributed by atoms with van der Waals surface area (Å²) >= 11 is 0. The molecule has 0 atom stereocenters. The minimum Gasteiger partial charge on any atom is -0.494 e. The SMILES string of the molecule is CCOc1cccc(N=Cc2cc(C)n(-c3ccc(N(C)C)cc3)c2C)c1. The van der Waals surface area contributed by atoms with Gasteiger partial charge < -0.3 is 14.2 Å². The first-order valence-corrected chi connectivity index (χ1v) is 9.23. The van der Waals surface area contributed by atoms with Crippen LogP contribution in [0.15, 0.2) is 59.6 Å². The number of aromatic nitrogens is 1. The molecule has 0 aliphatic carbocycles. The summed E-state index contributed by atoms with van der Waals surface area (Å²) in [7, 11) is 4.10. The van der Waals surface area contributed by atoms with Gasteiger partial charge in [0.1, 0.15) is 5.75 Å². The van der Waals surface area contributed by atoms with E-state index in [0.717, 1.165) is 22.7 Å². The number of aliphatic imine (C=N–C) groups is 1. The summed E-state index contributed by atoms with van der Waals surface area (Å²) in [6.45, 7) is 6.89. The molecule has 0 aliphatic heterocycles. The molecule has 4 nitrogen and oxygen atoms in total. The van der Waals surface area contributed by atoms with Crippen molar-refractivity contribution in [3.63, 3.8) is 0 Å². The van der Waals surface area contributed by atoms with Crippen molar-refractivity contribution in [2.75, 3.05) is 25.6 Å². The molecule has 2 aromatic carbocycles. The Kier molecular flexibility index (Phi) is 5.65. The quantitative estimate of drug-likeness (QED) is 0.557. The van der Waals surface area contributed by atoms with E-state index in [1.807, 2.05) is 37.4 Å². The second-order valence-electron chi connectivity index (χ2n) is 6.76. The van der Waals surface area contributed by atoms with E-state index in [1.165, 1.54) is 17.1 Å². The van der Waals surface area contributed by atoms with Gasteiger partial charge in [-0.05, 0) is 63.2 Å². The van der Waals surface area contributed by atoms with Crippen LogP contribution in [0.3, 0.4) is 0 Å². The summed E-state index contributed by atoms with van der Waals surface area (Å²) in [5.74, 6) is 0.846. The van der Waals surface area contributed by atoms with Crippen molar-refractivity contribution < 1.29 is 4.74 Å². The van der Waals surface area contributed by atoms with E-state index in [4.69, 9.17) is 4.74 Å². The Morgan fingerprint density at radius 2 is 1.78 bits per heavy atom. The number of hydrogen-bond acceptors (Lipinski definition) is 3. The van der Waals surface area contributed by atoms with Crippen LogP contribution in [0.1, 0.15) is 23.9 Å². The van der Waals surface area contributed by atoms with E-state index in [2.05, 4.69) is 72.7 Å². The van der Waals surface area contributed by atoms with Crippen LogP contribution in [0.2, 0.25) is 0 Å². The van der Waals surface area contributed by atoms with Crippen LogP contribution in [0.5, 0.6) is 5.75 Å². The monoisotopic (exact) mass is 361 g/mol. The van der Waals surface area contributed by atoms with E-state index in [0.29, 0.717) is 6.61 Å². The van der Waals surface area contributed by atoms with Crippen LogP contribution < -0.4 is 9.64 Å². The van der Waals surface area contributed by atoms with Crippen molar-refractivity contribution >= 4 is 17.6 Å². The number of nitrogens with zero attached hydrogens (tertiary/aromatic N) is 3. The van der Waals surface area contributed by atoms with Gasteiger partial charge in [-0.2, -0.15) is 0 Å². The van der Waals surface area contributed by atoms with Crippen LogP contribution in [-0.4, -0.2) is 31.5 Å². The largest absolute Gasteiger partial charge is 0.494 e. The average Bonchev–Trinajstić information content (AvgIpc) is 2.94. The van der Waals surface area contributed by atoms with E-state index >= 15 is 0 Å². The third-order valence-corrected chi connectivity index (χ3v) is 4.58. The molecule has 4 heteroatoms. The minimum atomic E-state index is 0.654. The van der Waals surface area contributed by atoms with Gasteiger partial charge in [-0.25, -0.2) is 0 Å². The molecule has 0 saturated carbocycles. The van der Waals surface area contributed by atoms with Crippen molar-refractivity contribution in [3.8, 4) is 11.4 Å². The van der Waals surface area contributed by atoms with Crippen molar-refractivity contribution in [2.24, 2.45) is 4.99 Å². The molecule has 0 unspecified atom stereocenters. The van der Waals surface area contributed by atoms with E-state index < -0.39 is 0 Å². The van der Waals surface area contributed by atoms with Crippen LogP contribution in [0.25, 0.3) is 5.69 Å². The van der Waals surface area contributed by atoms with Gasteiger partial charge in [-0.1, -0.05) is 6.07 Å². The molecule has 3 rings (SSSR count). The molecule has 3 aromatic rings. The lowest BCUT2D eigenvalue weighted by molar-refractivity contribution is 0.340. The molecule has 0 aliphatic rings. The summed E-state index contributed by atoms with van der Waals surface area (Å²) in [5.41, 5.74) is 6.72. The molecule has 1 aromatic heterocycles. The lowest BCUT2D eigenvalue weighted by Gasteiger charge is -2.14. The van der Waals surface area contributed by atoms with Crippen LogP contribution in [-0.2, 0) is 0 Å². The maximum absolute atomic E-state index is 5.55. The number of benzene rings is 2. The van der Waals surface area contributed by atoms with Crippen LogP contribution in [0, 0.1) is 13.8 Å². The van der Waals surface area contributed by atoms with Crippen molar-refractivity contribution in [1.82, 2.24) is 4.57 Å². The number of hydrogen-bond donors (Lipinski definition) is 0. The Morgan fingerprint density at radius 3 is 2.44 bits per heavy atom. The second kappa shape index (κ2) is 8.12. The van der Waals surface area contributed by atoms with Gasteiger partial charge in [-0.3, -0.25) is 4.99 Å². The zero-order valence-corrected chi connectivity index (χ0v) is 16.7. The highest BCUT2D eigenvalue weighted by Crippen LogP contribution is 2.24. The number of rotatable bonds is 6. The zero-order valence-electron chi connectivity index (χ0n) is 16.7. The first-order chi connectivity index (χ1) is 13.0. The van der Waals surface area contributed by atoms with Gasteiger partial charge in [0.25, 0.3) is 0 Å². The highest BCUT2D eigenvalue weighted by molar-refractivity contribution is 5.84. The molecule has 0 saturated heterocycles. The van der Waals surface area contributed by atoms with Crippen molar-refractivity contribution in [2.45, 2.75) is 20.8 Å². The molecule has 0 fully saturated rings. The number of anilines is 1. The van der Waals surface area contributed by atoms with E-state index in [-0.39, 0.29) is 0 Å². The maximum Gasteiger partial charge on any atom is 0.121 e. The normalized spacial score (nSPS) is 11.1. The van der Waals surface area contributed by atoms with Crippen molar-refractivity contribution in [3.05, 3.63) is 71.5 Å². The molecule has 0 N–H and O–H groups in total. The Hall–Kier alpha value is -3.01. The van der Waals surface area contributed by atoms with Gasteiger partial charge in [0.15, 0.2) is 0 Å². The van der Waals surface area contributed by atoms with Gasteiger partial charge in [0.2, 0.25) is 0 Å². The smallest absolute Gasteiger partial charge is 0.121 e. The molecule has 0 amide bonds. The zero-order chi connectivity index (χ0) is 19.4. The standard InChI is InChI=1S/C23H27N3O/c1-6-27-23-9-7-8-20(15-23)24-16-19-14-17(2)26(18(19)3)22-12-10-21(11-13-22)25(4)5/h7-16H,6H2,1-5H3. The van der Waals surface area contributed by atoms with E-state index in [9.17, 15) is 0 Å². The summed E-state index contributed by atoms with van der Waals surface area (Å²) < 4.78 is 7.81. The molecule has 140 valence electrons. The Labute approximate surface area is 161 Å². The summed E-state index contributed by atoms with van der Waals surface area (Å²) in [6, 6.07) is 18.6. The maximum atomic E-state index is 5.55. The molecule has 0 spiro atoms. The van der Waals surface area contributed by atoms with Gasteiger partial charge in [0, 0.05) is 54.7 Å². The van der Waals surface area contributed by atoms with Crippen LogP contribution in [0.4, 0.5) is 11.4 Å². The second-order valence-corrected chi connectivity index (χ2v) is 6.76. The van der Waals surface area contributed by atoms with Gasteiger partial charge in [0.05, 0.1) is 12.3 Å². The van der Waals surface area contributed by atoms with Gasteiger partial charge in [-0.15, -0.1) is 0 Å². The van der Waals surface area contributed by atoms with Gasteiger partial charge >= 0.3 is 0 Å². The first kappa shape index (κ1) is 18.8. The highest BCUT2D eigenvalue weighted by Gasteiger charge is 2.09. The lowest BCUT2D eigenvalue weighted by Crippen LogP contribution is -2.08. The average molecular weight is 361 g/mol. The third kappa shape index (κ3) is 4.22. The predicted molar refractivity (Wildman–Crippen MR) is 114 cm³/mol. The Balaban J connectivity index is 1.88. The molecular formula is C23H27N3O. The fourth-order valence-corrected chi connectivity index (χ4v) is 3.18.